The number of aryl methyl sites for hydroxylation is 1. The molecule has 16 heavy (non-hydrogen) atoms. The molecule has 3 rings (SSSR count). The van der Waals surface area contributed by atoms with Gasteiger partial charge in [-0.15, -0.1) is 0 Å². The lowest BCUT2D eigenvalue weighted by atomic mass is 10.1. The number of carbonyl (C=O) groups excluding carboxylic acids is 1. The number of carbonyl (C=O) groups is 1. The van der Waals surface area contributed by atoms with Gasteiger partial charge in [0.2, 0.25) is 0 Å². The predicted molar refractivity (Wildman–Crippen MR) is 64.6 cm³/mol. The van der Waals surface area contributed by atoms with Crippen molar-refractivity contribution in [2.75, 3.05) is 6.54 Å². The molecule has 1 amide bonds. The molecule has 1 aliphatic heterocycles. The van der Waals surface area contributed by atoms with E-state index in [1.807, 2.05) is 18.2 Å². The Hall–Kier alpha value is -1.29. The minimum Gasteiger partial charge on any atom is -0.460 e. The molecule has 0 atom stereocenters. The van der Waals surface area contributed by atoms with Crippen LogP contribution in [-0.2, 0) is 6.42 Å². The van der Waals surface area contributed by atoms with Crippen molar-refractivity contribution >= 4 is 32.8 Å². The lowest BCUT2D eigenvalue weighted by Crippen LogP contribution is -2.22. The van der Waals surface area contributed by atoms with Crippen LogP contribution in [0, 0.1) is 0 Å². The fourth-order valence-electron chi connectivity index (χ4n) is 2.08. The predicted octanol–water partition coefficient (Wildman–Crippen LogP) is 2.87. The Morgan fingerprint density at radius 2 is 2.25 bits per heavy atom. The van der Waals surface area contributed by atoms with E-state index < -0.39 is 0 Å². The number of hydrogen-bond acceptors (Lipinski definition) is 2. The van der Waals surface area contributed by atoms with Crippen molar-refractivity contribution in [2.45, 2.75) is 12.8 Å². The standard InChI is InChI=1S/C12H10BrNO2/c13-7-3-4-9-8(6-7)11-10(16-9)2-1-5-14-12(11)15/h3-4,6H,1-2,5H2,(H,14,15). The fourth-order valence-corrected chi connectivity index (χ4v) is 2.45. The van der Waals surface area contributed by atoms with Gasteiger partial charge in [0.05, 0.1) is 5.56 Å². The summed E-state index contributed by atoms with van der Waals surface area (Å²) >= 11 is 3.41. The molecule has 82 valence electrons. The second-order valence-corrected chi connectivity index (χ2v) is 4.82. The average molecular weight is 280 g/mol. The van der Waals surface area contributed by atoms with Crippen LogP contribution in [0.4, 0.5) is 0 Å². The van der Waals surface area contributed by atoms with E-state index in [1.165, 1.54) is 0 Å². The molecule has 2 heterocycles. The quantitative estimate of drug-likeness (QED) is 0.806. The second kappa shape index (κ2) is 3.63. The van der Waals surface area contributed by atoms with Crippen molar-refractivity contribution in [3.05, 3.63) is 34.0 Å². The minimum atomic E-state index is -0.0237. The highest BCUT2D eigenvalue weighted by molar-refractivity contribution is 9.10. The topological polar surface area (TPSA) is 42.2 Å². The van der Waals surface area contributed by atoms with Gasteiger partial charge >= 0.3 is 0 Å². The maximum absolute atomic E-state index is 11.9. The molecule has 0 saturated carbocycles. The van der Waals surface area contributed by atoms with Gasteiger partial charge in [0.25, 0.3) is 5.91 Å². The molecule has 0 unspecified atom stereocenters. The summed E-state index contributed by atoms with van der Waals surface area (Å²) in [5, 5.41) is 3.78. The molecule has 0 bridgehead atoms. The fraction of sp³-hybridized carbons (Fsp3) is 0.250. The maximum atomic E-state index is 11.9. The van der Waals surface area contributed by atoms with Crippen LogP contribution < -0.4 is 5.32 Å². The van der Waals surface area contributed by atoms with E-state index in [0.29, 0.717) is 5.56 Å². The highest BCUT2D eigenvalue weighted by atomic mass is 79.9. The van der Waals surface area contributed by atoms with Crippen molar-refractivity contribution in [1.29, 1.82) is 0 Å². The van der Waals surface area contributed by atoms with Crippen LogP contribution in [0.15, 0.2) is 27.1 Å². The van der Waals surface area contributed by atoms with Gasteiger partial charge in [-0.2, -0.15) is 0 Å². The molecule has 0 fully saturated rings. The van der Waals surface area contributed by atoms with Crippen molar-refractivity contribution in [3.8, 4) is 0 Å². The Balaban J connectivity index is 2.32. The highest BCUT2D eigenvalue weighted by Gasteiger charge is 2.22. The first-order chi connectivity index (χ1) is 7.75. The molecular formula is C12H10BrNO2. The third kappa shape index (κ3) is 1.45. The van der Waals surface area contributed by atoms with Crippen LogP contribution in [0.2, 0.25) is 0 Å². The van der Waals surface area contributed by atoms with Gasteiger partial charge in [-0.1, -0.05) is 15.9 Å². The number of nitrogens with one attached hydrogen (secondary N) is 1. The maximum Gasteiger partial charge on any atom is 0.255 e. The van der Waals surface area contributed by atoms with E-state index in [4.69, 9.17) is 4.42 Å². The molecule has 1 aromatic carbocycles. The zero-order chi connectivity index (χ0) is 11.1. The van der Waals surface area contributed by atoms with E-state index in [9.17, 15) is 4.79 Å². The first kappa shape index (κ1) is 9.90. The molecule has 0 radical (unpaired) electrons. The summed E-state index contributed by atoms with van der Waals surface area (Å²) in [6.45, 7) is 0.721. The lowest BCUT2D eigenvalue weighted by Gasteiger charge is -1.98. The van der Waals surface area contributed by atoms with Crippen LogP contribution in [0.25, 0.3) is 11.0 Å². The average Bonchev–Trinajstić information content (AvgIpc) is 2.51. The van der Waals surface area contributed by atoms with Gasteiger partial charge < -0.3 is 9.73 Å². The van der Waals surface area contributed by atoms with E-state index in [1.54, 1.807) is 0 Å². The molecule has 0 saturated heterocycles. The zero-order valence-corrected chi connectivity index (χ0v) is 10.1. The van der Waals surface area contributed by atoms with E-state index in [2.05, 4.69) is 21.2 Å². The number of benzene rings is 1. The van der Waals surface area contributed by atoms with Crippen molar-refractivity contribution < 1.29 is 9.21 Å². The monoisotopic (exact) mass is 279 g/mol. The van der Waals surface area contributed by atoms with Crippen LogP contribution in [0.1, 0.15) is 22.5 Å². The Morgan fingerprint density at radius 1 is 1.38 bits per heavy atom. The molecule has 3 nitrogen and oxygen atoms in total. The molecule has 0 aliphatic carbocycles. The largest absolute Gasteiger partial charge is 0.460 e. The molecular weight excluding hydrogens is 270 g/mol. The van der Waals surface area contributed by atoms with Crippen molar-refractivity contribution in [3.63, 3.8) is 0 Å². The number of fused-ring (bicyclic) bond motifs is 3. The summed E-state index contributed by atoms with van der Waals surface area (Å²) in [5.74, 6) is 0.785. The highest BCUT2D eigenvalue weighted by Crippen LogP contribution is 2.30. The van der Waals surface area contributed by atoms with Gasteiger partial charge in [-0.05, 0) is 24.6 Å². The van der Waals surface area contributed by atoms with Gasteiger partial charge in [-0.3, -0.25) is 4.79 Å². The van der Waals surface area contributed by atoms with E-state index in [0.717, 1.165) is 40.6 Å². The number of amides is 1. The molecule has 1 aliphatic rings. The number of furan rings is 1. The molecule has 2 aromatic rings. The normalized spacial score (nSPS) is 15.7. The van der Waals surface area contributed by atoms with Gasteiger partial charge in [-0.25, -0.2) is 0 Å². The Morgan fingerprint density at radius 3 is 3.12 bits per heavy atom. The van der Waals surface area contributed by atoms with Gasteiger partial charge in [0.15, 0.2) is 0 Å². The summed E-state index contributed by atoms with van der Waals surface area (Å²) in [4.78, 5) is 11.9. The summed E-state index contributed by atoms with van der Waals surface area (Å²) in [6.07, 6.45) is 1.75. The number of rotatable bonds is 0. The molecule has 4 heteroatoms. The summed E-state index contributed by atoms with van der Waals surface area (Å²) in [6, 6.07) is 5.74. The molecule has 1 aromatic heterocycles. The summed E-state index contributed by atoms with van der Waals surface area (Å²) in [7, 11) is 0. The second-order valence-electron chi connectivity index (χ2n) is 3.90. The first-order valence-electron chi connectivity index (χ1n) is 5.25. The lowest BCUT2D eigenvalue weighted by molar-refractivity contribution is 0.0957. The summed E-state index contributed by atoms with van der Waals surface area (Å²) < 4.78 is 6.67. The van der Waals surface area contributed by atoms with Crippen molar-refractivity contribution in [2.24, 2.45) is 0 Å². The van der Waals surface area contributed by atoms with E-state index >= 15 is 0 Å². The Bertz CT molecular complexity index is 574. The Labute approximate surface area is 101 Å². The summed E-state index contributed by atoms with van der Waals surface area (Å²) in [5.41, 5.74) is 1.49. The smallest absolute Gasteiger partial charge is 0.255 e. The molecule has 0 spiro atoms. The first-order valence-corrected chi connectivity index (χ1v) is 6.04. The third-order valence-electron chi connectivity index (χ3n) is 2.82. The number of halogens is 1. The van der Waals surface area contributed by atoms with Crippen LogP contribution in [0.5, 0.6) is 0 Å². The third-order valence-corrected chi connectivity index (χ3v) is 3.31. The van der Waals surface area contributed by atoms with Gasteiger partial charge in [0, 0.05) is 22.8 Å². The minimum absolute atomic E-state index is 0.0237. The van der Waals surface area contributed by atoms with Crippen LogP contribution in [-0.4, -0.2) is 12.5 Å². The SMILES string of the molecule is O=C1NCCCc2oc3ccc(Br)cc3c21. The van der Waals surface area contributed by atoms with Crippen molar-refractivity contribution in [1.82, 2.24) is 5.32 Å². The van der Waals surface area contributed by atoms with Crippen LogP contribution >= 0.6 is 15.9 Å². The zero-order valence-electron chi connectivity index (χ0n) is 8.55. The number of hydrogen-bond donors (Lipinski definition) is 1. The van der Waals surface area contributed by atoms with Gasteiger partial charge in [0.1, 0.15) is 11.3 Å². The molecule has 1 N–H and O–H groups in total. The van der Waals surface area contributed by atoms with Crippen LogP contribution in [0.3, 0.4) is 0 Å². The van der Waals surface area contributed by atoms with E-state index in [-0.39, 0.29) is 5.91 Å². The Kier molecular flexibility index (Phi) is 2.24.